The van der Waals surface area contributed by atoms with Gasteiger partial charge in [-0.1, -0.05) is 18.2 Å². The van der Waals surface area contributed by atoms with Crippen LogP contribution in [0.4, 0.5) is 15.8 Å². The molecular formula is C12H11FN2O. The highest BCUT2D eigenvalue weighted by Crippen LogP contribution is 2.20. The molecule has 0 radical (unpaired) electrons. The first kappa shape index (κ1) is 10.4. The van der Waals surface area contributed by atoms with E-state index in [0.717, 1.165) is 5.69 Å². The smallest absolute Gasteiger partial charge is 0.239 e. The van der Waals surface area contributed by atoms with Gasteiger partial charge < -0.3 is 10.1 Å². The van der Waals surface area contributed by atoms with Gasteiger partial charge in [0.1, 0.15) is 0 Å². The number of aromatic nitrogens is 1. The molecule has 0 unspecified atom stereocenters. The average molecular weight is 218 g/mol. The molecule has 0 aliphatic rings. The number of para-hydroxylation sites is 1. The predicted octanol–water partition coefficient (Wildman–Crippen LogP) is 2.97. The van der Waals surface area contributed by atoms with Crippen molar-refractivity contribution in [2.24, 2.45) is 0 Å². The lowest BCUT2D eigenvalue weighted by molar-refractivity contribution is 0.388. The molecule has 16 heavy (non-hydrogen) atoms. The first-order chi connectivity index (χ1) is 7.79. The van der Waals surface area contributed by atoms with Gasteiger partial charge in [0.05, 0.1) is 12.8 Å². The van der Waals surface area contributed by atoms with Crippen molar-refractivity contribution >= 4 is 11.4 Å². The number of rotatable bonds is 3. The van der Waals surface area contributed by atoms with Crippen LogP contribution in [0.1, 0.15) is 0 Å². The van der Waals surface area contributed by atoms with Crippen LogP contribution in [-0.4, -0.2) is 12.1 Å². The van der Waals surface area contributed by atoms with Crippen LogP contribution in [0.15, 0.2) is 42.5 Å². The largest absolute Gasteiger partial charge is 0.481 e. The second-order valence-corrected chi connectivity index (χ2v) is 3.18. The van der Waals surface area contributed by atoms with Gasteiger partial charge in [0.15, 0.2) is 0 Å². The van der Waals surface area contributed by atoms with Gasteiger partial charge >= 0.3 is 0 Å². The molecule has 1 aromatic heterocycles. The summed E-state index contributed by atoms with van der Waals surface area (Å²) < 4.78 is 18.3. The van der Waals surface area contributed by atoms with E-state index >= 15 is 0 Å². The van der Waals surface area contributed by atoms with E-state index in [2.05, 4.69) is 10.3 Å². The molecule has 1 N–H and O–H groups in total. The van der Waals surface area contributed by atoms with Crippen molar-refractivity contribution in [2.45, 2.75) is 0 Å². The Morgan fingerprint density at radius 2 is 1.88 bits per heavy atom. The van der Waals surface area contributed by atoms with E-state index in [-0.39, 0.29) is 5.88 Å². The molecule has 0 bridgehead atoms. The first-order valence-corrected chi connectivity index (χ1v) is 4.82. The third-order valence-corrected chi connectivity index (χ3v) is 2.09. The fourth-order valence-corrected chi connectivity index (χ4v) is 1.30. The molecule has 0 saturated heterocycles. The van der Waals surface area contributed by atoms with Crippen LogP contribution in [0.25, 0.3) is 0 Å². The molecule has 1 aromatic carbocycles. The molecule has 4 heteroatoms. The van der Waals surface area contributed by atoms with Gasteiger partial charge in [-0.25, -0.2) is 0 Å². The van der Waals surface area contributed by atoms with Crippen molar-refractivity contribution in [3.63, 3.8) is 0 Å². The number of methoxy groups -OCH3 is 1. The van der Waals surface area contributed by atoms with E-state index in [1.54, 1.807) is 12.1 Å². The van der Waals surface area contributed by atoms with Crippen LogP contribution < -0.4 is 10.1 Å². The van der Waals surface area contributed by atoms with Crippen molar-refractivity contribution in [2.75, 3.05) is 12.4 Å². The zero-order valence-corrected chi connectivity index (χ0v) is 8.77. The Labute approximate surface area is 92.9 Å². The van der Waals surface area contributed by atoms with Gasteiger partial charge in [-0.15, -0.1) is 0 Å². The average Bonchev–Trinajstić information content (AvgIpc) is 2.33. The number of hydrogen-bond acceptors (Lipinski definition) is 3. The van der Waals surface area contributed by atoms with Gasteiger partial charge in [0.25, 0.3) is 0 Å². The van der Waals surface area contributed by atoms with Gasteiger partial charge in [0, 0.05) is 11.8 Å². The van der Waals surface area contributed by atoms with Crippen molar-refractivity contribution < 1.29 is 9.13 Å². The van der Waals surface area contributed by atoms with Crippen LogP contribution in [-0.2, 0) is 0 Å². The molecular weight excluding hydrogens is 207 g/mol. The number of nitrogens with one attached hydrogen (secondary N) is 1. The van der Waals surface area contributed by atoms with Crippen molar-refractivity contribution in [1.29, 1.82) is 0 Å². The Morgan fingerprint density at radius 3 is 2.50 bits per heavy atom. The lowest BCUT2D eigenvalue weighted by atomic mass is 10.3. The normalized spacial score (nSPS) is 9.88. The highest BCUT2D eigenvalue weighted by molar-refractivity contribution is 5.59. The fraction of sp³-hybridized carbons (Fsp3) is 0.0833. The summed E-state index contributed by atoms with van der Waals surface area (Å²) in [5.41, 5.74) is 1.14. The van der Waals surface area contributed by atoms with Gasteiger partial charge in [-0.05, 0) is 18.2 Å². The summed E-state index contributed by atoms with van der Waals surface area (Å²) in [6.07, 6.45) is 0. The molecule has 0 saturated carbocycles. The van der Waals surface area contributed by atoms with Crippen LogP contribution >= 0.6 is 0 Å². The summed E-state index contributed by atoms with van der Waals surface area (Å²) in [4.78, 5) is 3.64. The van der Waals surface area contributed by atoms with E-state index in [1.807, 2.05) is 30.3 Å². The van der Waals surface area contributed by atoms with Gasteiger partial charge in [-0.3, -0.25) is 0 Å². The third-order valence-electron chi connectivity index (χ3n) is 2.09. The standard InChI is InChI=1S/C12H11FN2O/c1-16-11-8-7-10(12(13)15-11)14-9-5-3-2-4-6-9/h2-8,14H,1H3. The SMILES string of the molecule is COc1ccc(Nc2ccccc2)c(F)n1. The molecule has 0 amide bonds. The van der Waals surface area contributed by atoms with Crippen LogP contribution in [0, 0.1) is 5.95 Å². The number of hydrogen-bond donors (Lipinski definition) is 1. The minimum Gasteiger partial charge on any atom is -0.481 e. The zero-order valence-electron chi connectivity index (χ0n) is 8.77. The van der Waals surface area contributed by atoms with Crippen LogP contribution in [0.2, 0.25) is 0 Å². The highest BCUT2D eigenvalue weighted by Gasteiger charge is 2.05. The Bertz CT molecular complexity index is 474. The Balaban J connectivity index is 2.22. The third kappa shape index (κ3) is 2.28. The molecule has 82 valence electrons. The molecule has 3 nitrogen and oxygen atoms in total. The minimum absolute atomic E-state index is 0.260. The summed E-state index contributed by atoms with van der Waals surface area (Å²) in [6.45, 7) is 0. The fourth-order valence-electron chi connectivity index (χ4n) is 1.30. The summed E-state index contributed by atoms with van der Waals surface area (Å²) in [7, 11) is 1.45. The van der Waals surface area contributed by atoms with Crippen molar-refractivity contribution in [3.8, 4) is 5.88 Å². The van der Waals surface area contributed by atoms with Crippen molar-refractivity contribution in [3.05, 3.63) is 48.4 Å². The maximum absolute atomic E-state index is 13.5. The monoisotopic (exact) mass is 218 g/mol. The van der Waals surface area contributed by atoms with Gasteiger partial charge in [-0.2, -0.15) is 9.37 Å². The number of anilines is 2. The Hall–Kier alpha value is -2.10. The minimum atomic E-state index is -0.580. The van der Waals surface area contributed by atoms with Crippen molar-refractivity contribution in [1.82, 2.24) is 4.98 Å². The van der Waals surface area contributed by atoms with Gasteiger partial charge in [0.2, 0.25) is 11.8 Å². The number of benzene rings is 1. The molecule has 0 aliphatic heterocycles. The van der Waals surface area contributed by atoms with E-state index in [9.17, 15) is 4.39 Å². The lowest BCUT2D eigenvalue weighted by Crippen LogP contribution is -1.97. The summed E-state index contributed by atoms with van der Waals surface area (Å²) in [6, 6.07) is 12.5. The Morgan fingerprint density at radius 1 is 1.12 bits per heavy atom. The Kier molecular flexibility index (Phi) is 3.00. The topological polar surface area (TPSA) is 34.1 Å². The zero-order chi connectivity index (χ0) is 11.4. The summed E-state index contributed by atoms with van der Waals surface area (Å²) in [5.74, 6) is -0.320. The van der Waals surface area contributed by atoms with Crippen LogP contribution in [0.5, 0.6) is 5.88 Å². The van der Waals surface area contributed by atoms with Crippen LogP contribution in [0.3, 0.4) is 0 Å². The molecule has 0 fully saturated rings. The molecule has 2 rings (SSSR count). The maximum atomic E-state index is 13.5. The number of nitrogens with zero attached hydrogens (tertiary/aromatic N) is 1. The lowest BCUT2D eigenvalue weighted by Gasteiger charge is -2.07. The molecule has 0 atom stereocenters. The molecule has 1 heterocycles. The molecule has 2 aromatic rings. The first-order valence-electron chi connectivity index (χ1n) is 4.82. The van der Waals surface area contributed by atoms with E-state index in [0.29, 0.717) is 5.69 Å². The van der Waals surface area contributed by atoms with E-state index in [1.165, 1.54) is 7.11 Å². The predicted molar refractivity (Wildman–Crippen MR) is 60.5 cm³/mol. The molecule has 0 aliphatic carbocycles. The number of halogens is 1. The van der Waals surface area contributed by atoms with E-state index in [4.69, 9.17) is 4.74 Å². The number of ether oxygens (including phenoxy) is 1. The summed E-state index contributed by atoms with van der Waals surface area (Å²) >= 11 is 0. The highest BCUT2D eigenvalue weighted by atomic mass is 19.1. The second-order valence-electron chi connectivity index (χ2n) is 3.18. The quantitative estimate of drug-likeness (QED) is 0.804. The van der Waals surface area contributed by atoms with E-state index < -0.39 is 5.95 Å². The molecule has 0 spiro atoms. The number of pyridine rings is 1. The maximum Gasteiger partial charge on any atom is 0.239 e. The second kappa shape index (κ2) is 4.61. The summed E-state index contributed by atoms with van der Waals surface area (Å²) in [5, 5.41) is 2.93.